The average molecular weight is 450 g/mol. The van der Waals surface area contributed by atoms with Crippen molar-refractivity contribution in [3.05, 3.63) is 62.6 Å². The van der Waals surface area contributed by atoms with Crippen LogP contribution in [0.4, 0.5) is 18.9 Å². The molecule has 1 N–H and O–H groups in total. The summed E-state index contributed by atoms with van der Waals surface area (Å²) < 4.78 is 52.0. The van der Waals surface area contributed by atoms with Crippen LogP contribution in [-0.2, 0) is 17.0 Å². The summed E-state index contributed by atoms with van der Waals surface area (Å²) in [5.41, 5.74) is 1.33. The summed E-state index contributed by atoms with van der Waals surface area (Å²) in [4.78, 5) is 17.0. The van der Waals surface area contributed by atoms with Crippen LogP contribution in [0.3, 0.4) is 0 Å². The van der Waals surface area contributed by atoms with Crippen molar-refractivity contribution in [2.24, 2.45) is 0 Å². The molecule has 0 saturated carbocycles. The molecule has 1 aromatic heterocycles. The number of anilines is 1. The monoisotopic (exact) mass is 449 g/mol. The molecule has 148 valence electrons. The van der Waals surface area contributed by atoms with Crippen molar-refractivity contribution in [2.75, 3.05) is 11.2 Å². The summed E-state index contributed by atoms with van der Waals surface area (Å²) in [6.07, 6.45) is -3.47. The summed E-state index contributed by atoms with van der Waals surface area (Å²) in [7, 11) is -1.43. The highest BCUT2D eigenvalue weighted by Gasteiger charge is 2.30. The molecule has 0 aliphatic carbocycles. The van der Waals surface area contributed by atoms with Crippen LogP contribution in [0.15, 0.2) is 46.3 Å². The van der Waals surface area contributed by atoms with Gasteiger partial charge in [-0.15, -0.1) is 0 Å². The minimum absolute atomic E-state index is 0.113. The lowest BCUT2D eigenvalue weighted by atomic mass is 10.1. The molecule has 1 unspecified atom stereocenters. The van der Waals surface area contributed by atoms with E-state index in [4.69, 9.17) is 23.2 Å². The van der Waals surface area contributed by atoms with Crippen molar-refractivity contribution in [1.29, 1.82) is 0 Å². The predicted octanol–water partition coefficient (Wildman–Crippen LogP) is 4.72. The molecule has 0 bridgehead atoms. The molecule has 3 rings (SSSR count). The van der Waals surface area contributed by atoms with Crippen LogP contribution in [-0.4, -0.2) is 19.6 Å². The summed E-state index contributed by atoms with van der Waals surface area (Å²) >= 11 is 12.0. The fourth-order valence-electron chi connectivity index (χ4n) is 2.47. The first kappa shape index (κ1) is 20.6. The second-order valence-corrected chi connectivity index (χ2v) is 8.18. The number of aromatic nitrogens is 2. The Bertz CT molecular complexity index is 1150. The maximum atomic E-state index is 13.0. The van der Waals surface area contributed by atoms with Gasteiger partial charge in [0.25, 0.3) is 5.56 Å². The van der Waals surface area contributed by atoms with E-state index in [0.29, 0.717) is 4.90 Å². The van der Waals surface area contributed by atoms with Gasteiger partial charge in [0.05, 0.1) is 47.9 Å². The van der Waals surface area contributed by atoms with Gasteiger partial charge in [-0.1, -0.05) is 30.1 Å². The van der Waals surface area contributed by atoms with Gasteiger partial charge < -0.3 is 0 Å². The number of hydrogen-bond donors (Lipinski definition) is 1. The van der Waals surface area contributed by atoms with Crippen molar-refractivity contribution in [3.63, 3.8) is 0 Å². The molecule has 0 spiro atoms. The molecule has 0 saturated heterocycles. The molecule has 0 radical (unpaired) electrons. The van der Waals surface area contributed by atoms with Gasteiger partial charge in [0.15, 0.2) is 0 Å². The first-order valence-corrected chi connectivity index (χ1v) is 9.92. The molecule has 3 aromatic rings. The van der Waals surface area contributed by atoms with E-state index in [1.807, 2.05) is 0 Å². The molecule has 0 aliphatic rings. The molecule has 5 nitrogen and oxygen atoms in total. The summed E-state index contributed by atoms with van der Waals surface area (Å²) in [6, 6.07) is 5.51. The standard InChI is InChI=1S/C17H12Cl2F3N3O2S/c1-2-28(27)15-7-12(19)11(18)6-14(15)24-25-8-23-13-4-3-9(17(20,21)22)5-10(13)16(25)26/h3-8,24H,2H2,1H3. The maximum Gasteiger partial charge on any atom is 0.416 e. The number of halogens is 5. The third-order valence-electron chi connectivity index (χ3n) is 3.86. The number of benzene rings is 2. The van der Waals surface area contributed by atoms with Gasteiger partial charge in [-0.25, -0.2) is 9.66 Å². The fraction of sp³-hybridized carbons (Fsp3) is 0.176. The van der Waals surface area contributed by atoms with Crippen molar-refractivity contribution in [1.82, 2.24) is 9.66 Å². The van der Waals surface area contributed by atoms with Crippen LogP contribution in [0, 0.1) is 0 Å². The van der Waals surface area contributed by atoms with E-state index in [1.54, 1.807) is 6.92 Å². The lowest BCUT2D eigenvalue weighted by Crippen LogP contribution is -2.27. The fourth-order valence-corrected chi connectivity index (χ4v) is 3.77. The summed E-state index contributed by atoms with van der Waals surface area (Å²) in [6.45, 7) is 1.70. The SMILES string of the molecule is CCS(=O)c1cc(Cl)c(Cl)cc1Nn1cnc2ccc(C(F)(F)F)cc2c1=O. The molecule has 1 heterocycles. The Morgan fingerprint density at radius 1 is 1.18 bits per heavy atom. The van der Waals surface area contributed by atoms with Gasteiger partial charge in [-0.2, -0.15) is 13.2 Å². The zero-order valence-corrected chi connectivity index (χ0v) is 16.5. The van der Waals surface area contributed by atoms with Gasteiger partial charge in [-0.05, 0) is 30.3 Å². The lowest BCUT2D eigenvalue weighted by molar-refractivity contribution is -0.137. The van der Waals surface area contributed by atoms with Gasteiger partial charge in [-0.3, -0.25) is 14.4 Å². The summed E-state index contributed by atoms with van der Waals surface area (Å²) in [5, 5.41) is 0.119. The first-order chi connectivity index (χ1) is 13.1. The lowest BCUT2D eigenvalue weighted by Gasteiger charge is -2.15. The van der Waals surface area contributed by atoms with E-state index in [0.717, 1.165) is 29.2 Å². The van der Waals surface area contributed by atoms with E-state index in [1.165, 1.54) is 12.1 Å². The third-order valence-corrected chi connectivity index (χ3v) is 5.93. The third kappa shape index (κ3) is 4.01. The van der Waals surface area contributed by atoms with E-state index in [-0.39, 0.29) is 32.4 Å². The van der Waals surface area contributed by atoms with Crippen molar-refractivity contribution in [3.8, 4) is 0 Å². The van der Waals surface area contributed by atoms with Crippen LogP contribution in [0.2, 0.25) is 10.0 Å². The molecule has 2 aromatic carbocycles. The Hall–Kier alpha value is -2.10. The zero-order chi connectivity index (χ0) is 20.6. The normalized spacial score (nSPS) is 12.9. The minimum atomic E-state index is -4.59. The zero-order valence-electron chi connectivity index (χ0n) is 14.2. The van der Waals surface area contributed by atoms with E-state index in [9.17, 15) is 22.2 Å². The van der Waals surface area contributed by atoms with Gasteiger partial charge in [0, 0.05) is 5.75 Å². The Morgan fingerprint density at radius 2 is 1.86 bits per heavy atom. The van der Waals surface area contributed by atoms with Crippen molar-refractivity contribution in [2.45, 2.75) is 18.0 Å². The molecule has 1 atom stereocenters. The van der Waals surface area contributed by atoms with E-state index < -0.39 is 28.1 Å². The number of nitrogens with zero attached hydrogens (tertiary/aromatic N) is 2. The topological polar surface area (TPSA) is 64.0 Å². The minimum Gasteiger partial charge on any atom is -0.289 e. The first-order valence-electron chi connectivity index (χ1n) is 7.85. The average Bonchev–Trinajstić information content (AvgIpc) is 2.65. The molecule has 28 heavy (non-hydrogen) atoms. The van der Waals surface area contributed by atoms with Gasteiger partial charge in [0.1, 0.15) is 6.33 Å². The molecule has 0 aliphatic heterocycles. The van der Waals surface area contributed by atoms with Crippen LogP contribution < -0.4 is 11.0 Å². The Kier molecular flexibility index (Phi) is 5.69. The predicted molar refractivity (Wildman–Crippen MR) is 103 cm³/mol. The number of alkyl halides is 3. The Balaban J connectivity index is 2.13. The molecule has 0 amide bonds. The summed E-state index contributed by atoms with van der Waals surface area (Å²) in [5.74, 6) is 0.284. The highest BCUT2D eigenvalue weighted by atomic mass is 35.5. The van der Waals surface area contributed by atoms with Crippen molar-refractivity contribution >= 4 is 50.6 Å². The van der Waals surface area contributed by atoms with E-state index >= 15 is 0 Å². The number of nitrogens with one attached hydrogen (secondary N) is 1. The van der Waals surface area contributed by atoms with Crippen LogP contribution in [0.5, 0.6) is 0 Å². The molecular formula is C17H12Cl2F3N3O2S. The second-order valence-electron chi connectivity index (χ2n) is 5.66. The van der Waals surface area contributed by atoms with E-state index in [2.05, 4.69) is 10.4 Å². The van der Waals surface area contributed by atoms with Crippen LogP contribution in [0.1, 0.15) is 12.5 Å². The van der Waals surface area contributed by atoms with Crippen LogP contribution >= 0.6 is 23.2 Å². The number of hydrogen-bond acceptors (Lipinski definition) is 4. The molecular weight excluding hydrogens is 438 g/mol. The van der Waals surface area contributed by atoms with Crippen molar-refractivity contribution < 1.29 is 17.4 Å². The molecule has 11 heteroatoms. The molecule has 0 fully saturated rings. The second kappa shape index (κ2) is 7.73. The number of rotatable bonds is 4. The smallest absolute Gasteiger partial charge is 0.289 e. The number of fused-ring (bicyclic) bond motifs is 1. The highest BCUT2D eigenvalue weighted by Crippen LogP contribution is 2.32. The van der Waals surface area contributed by atoms with Gasteiger partial charge in [0.2, 0.25) is 0 Å². The quantitative estimate of drug-likeness (QED) is 0.625. The maximum absolute atomic E-state index is 13.0. The Morgan fingerprint density at radius 3 is 2.50 bits per heavy atom. The van der Waals surface area contributed by atoms with Gasteiger partial charge >= 0.3 is 6.18 Å². The van der Waals surface area contributed by atoms with Crippen LogP contribution in [0.25, 0.3) is 10.9 Å². The highest BCUT2D eigenvalue weighted by molar-refractivity contribution is 7.85. The Labute approximate surface area is 169 Å². The largest absolute Gasteiger partial charge is 0.416 e.